The second kappa shape index (κ2) is 30.1. The van der Waals surface area contributed by atoms with Crippen LogP contribution in [0.3, 0.4) is 0 Å². The van der Waals surface area contributed by atoms with Gasteiger partial charge < -0.3 is 20.6 Å². The van der Waals surface area contributed by atoms with Crippen LogP contribution in [0, 0.1) is 0 Å². The molecule has 232 valence electrons. The molecule has 5 heteroatoms. The van der Waals surface area contributed by atoms with E-state index >= 15 is 0 Å². The summed E-state index contributed by atoms with van der Waals surface area (Å²) in [6, 6.07) is -0.711. The number of aliphatic hydroxyl groups excluding tert-OH is 3. The Morgan fingerprint density at radius 3 is 1.49 bits per heavy atom. The van der Waals surface area contributed by atoms with Gasteiger partial charge in [0.2, 0.25) is 5.91 Å². The lowest BCUT2D eigenvalue weighted by Gasteiger charge is -2.23. The number of nitrogens with one attached hydrogen (secondary N) is 1. The Balaban J connectivity index is 3.69. The predicted octanol–water partition coefficient (Wildman–Crippen LogP) is 8.53. The molecule has 0 saturated heterocycles. The standard InChI is InChI=1S/C34H67NO4/c1-3-5-7-9-11-13-14-15-16-17-18-19-21-22-24-26-28-32(37)31(30-36)35-34(39)33(38)29-27-25-23-20-12-10-8-6-4-2/h10,12,31-33,36-38H,3-9,11,13-30H2,1-2H3,(H,35,39)/b12-10-. The Bertz CT molecular complexity index is 539. The van der Waals surface area contributed by atoms with Crippen LogP contribution in [0.2, 0.25) is 0 Å². The van der Waals surface area contributed by atoms with Gasteiger partial charge in [0.05, 0.1) is 18.8 Å². The number of carbonyl (C=O) groups excluding carboxylic acids is 1. The van der Waals surface area contributed by atoms with E-state index in [0.717, 1.165) is 44.9 Å². The third kappa shape index (κ3) is 25.8. The minimum Gasteiger partial charge on any atom is -0.394 e. The number of unbranched alkanes of at least 4 members (excludes halogenated alkanes) is 20. The first kappa shape index (κ1) is 38.1. The Morgan fingerprint density at radius 1 is 0.590 bits per heavy atom. The second-order valence-electron chi connectivity index (χ2n) is 11.7. The van der Waals surface area contributed by atoms with E-state index in [-0.39, 0.29) is 6.61 Å². The lowest BCUT2D eigenvalue weighted by atomic mass is 10.0. The van der Waals surface area contributed by atoms with Crippen molar-refractivity contribution in [3.63, 3.8) is 0 Å². The molecule has 3 unspecified atom stereocenters. The number of carbonyl (C=O) groups is 1. The summed E-state index contributed by atoms with van der Waals surface area (Å²) in [5, 5.41) is 32.9. The molecule has 0 aromatic carbocycles. The van der Waals surface area contributed by atoms with Crippen molar-refractivity contribution < 1.29 is 20.1 Å². The van der Waals surface area contributed by atoms with Crippen LogP contribution in [-0.4, -0.2) is 46.1 Å². The van der Waals surface area contributed by atoms with Crippen molar-refractivity contribution in [2.75, 3.05) is 6.61 Å². The second-order valence-corrected chi connectivity index (χ2v) is 11.7. The molecule has 0 bridgehead atoms. The minimum atomic E-state index is -1.08. The molecular formula is C34H67NO4. The zero-order valence-corrected chi connectivity index (χ0v) is 26.0. The molecule has 0 aliphatic rings. The van der Waals surface area contributed by atoms with Gasteiger partial charge in [0.15, 0.2) is 0 Å². The molecule has 0 saturated carbocycles. The topological polar surface area (TPSA) is 89.8 Å². The van der Waals surface area contributed by atoms with E-state index in [4.69, 9.17) is 0 Å². The van der Waals surface area contributed by atoms with Gasteiger partial charge in [-0.25, -0.2) is 0 Å². The van der Waals surface area contributed by atoms with E-state index in [0.29, 0.717) is 12.8 Å². The van der Waals surface area contributed by atoms with Crippen molar-refractivity contribution in [1.82, 2.24) is 5.32 Å². The van der Waals surface area contributed by atoms with E-state index in [2.05, 4.69) is 31.3 Å². The maximum absolute atomic E-state index is 12.3. The van der Waals surface area contributed by atoms with Gasteiger partial charge in [-0.2, -0.15) is 0 Å². The first-order chi connectivity index (χ1) is 19.1. The third-order valence-electron chi connectivity index (χ3n) is 7.88. The Hall–Kier alpha value is -0.910. The fraction of sp³-hybridized carbons (Fsp3) is 0.912. The average molecular weight is 554 g/mol. The van der Waals surface area contributed by atoms with Crippen molar-refractivity contribution in [3.8, 4) is 0 Å². The summed E-state index contributed by atoms with van der Waals surface area (Å²) < 4.78 is 0. The summed E-state index contributed by atoms with van der Waals surface area (Å²) in [7, 11) is 0. The Morgan fingerprint density at radius 2 is 1.00 bits per heavy atom. The fourth-order valence-electron chi connectivity index (χ4n) is 5.11. The van der Waals surface area contributed by atoms with Crippen molar-refractivity contribution in [2.45, 2.75) is 193 Å². The van der Waals surface area contributed by atoms with Crippen LogP contribution in [0.1, 0.15) is 174 Å². The molecule has 0 spiro atoms. The molecular weight excluding hydrogens is 486 g/mol. The Kier molecular flexibility index (Phi) is 29.4. The lowest BCUT2D eigenvalue weighted by molar-refractivity contribution is -0.131. The number of allylic oxidation sites excluding steroid dienone is 2. The largest absolute Gasteiger partial charge is 0.394 e. The van der Waals surface area contributed by atoms with Crippen LogP contribution in [0.4, 0.5) is 0 Å². The molecule has 0 aromatic heterocycles. The van der Waals surface area contributed by atoms with Gasteiger partial charge >= 0.3 is 0 Å². The summed E-state index contributed by atoms with van der Waals surface area (Å²) >= 11 is 0. The number of amides is 1. The van der Waals surface area contributed by atoms with Crippen molar-refractivity contribution >= 4 is 5.91 Å². The highest BCUT2D eigenvalue weighted by Gasteiger charge is 2.23. The van der Waals surface area contributed by atoms with E-state index in [9.17, 15) is 20.1 Å². The first-order valence-electron chi connectivity index (χ1n) is 17.0. The van der Waals surface area contributed by atoms with Gasteiger partial charge in [-0.05, 0) is 32.1 Å². The highest BCUT2D eigenvalue weighted by molar-refractivity contribution is 5.80. The summed E-state index contributed by atoms with van der Waals surface area (Å²) in [5.74, 6) is -0.487. The van der Waals surface area contributed by atoms with Crippen molar-refractivity contribution in [2.24, 2.45) is 0 Å². The fourth-order valence-corrected chi connectivity index (χ4v) is 5.11. The van der Waals surface area contributed by atoms with E-state index < -0.39 is 24.2 Å². The van der Waals surface area contributed by atoms with Gasteiger partial charge in [-0.1, -0.05) is 154 Å². The van der Waals surface area contributed by atoms with Gasteiger partial charge in [-0.15, -0.1) is 0 Å². The summed E-state index contributed by atoms with van der Waals surface area (Å²) in [4.78, 5) is 12.3. The number of hydrogen-bond acceptors (Lipinski definition) is 4. The van der Waals surface area contributed by atoms with Crippen molar-refractivity contribution in [3.05, 3.63) is 12.2 Å². The van der Waals surface area contributed by atoms with Crippen LogP contribution in [-0.2, 0) is 4.79 Å². The third-order valence-corrected chi connectivity index (χ3v) is 7.88. The van der Waals surface area contributed by atoms with Crippen LogP contribution in [0.25, 0.3) is 0 Å². The monoisotopic (exact) mass is 554 g/mol. The summed E-state index contributed by atoms with van der Waals surface area (Å²) in [6.45, 7) is 4.15. The molecule has 0 aromatic rings. The van der Waals surface area contributed by atoms with E-state index in [1.54, 1.807) is 0 Å². The molecule has 3 atom stereocenters. The molecule has 0 rings (SSSR count). The molecule has 5 nitrogen and oxygen atoms in total. The molecule has 0 aliphatic carbocycles. The van der Waals surface area contributed by atoms with Gasteiger partial charge in [0.1, 0.15) is 6.10 Å². The average Bonchev–Trinajstić information content (AvgIpc) is 2.94. The highest BCUT2D eigenvalue weighted by atomic mass is 16.3. The molecule has 0 radical (unpaired) electrons. The maximum atomic E-state index is 12.3. The quantitative estimate of drug-likeness (QED) is 0.0530. The van der Waals surface area contributed by atoms with Crippen LogP contribution in [0.15, 0.2) is 12.2 Å². The predicted molar refractivity (Wildman–Crippen MR) is 167 cm³/mol. The van der Waals surface area contributed by atoms with E-state index in [1.165, 1.54) is 103 Å². The van der Waals surface area contributed by atoms with Gasteiger partial charge in [-0.3, -0.25) is 4.79 Å². The van der Waals surface area contributed by atoms with Gasteiger partial charge in [0, 0.05) is 0 Å². The summed E-state index contributed by atoms with van der Waals surface area (Å²) in [6.07, 6.45) is 32.0. The smallest absolute Gasteiger partial charge is 0.249 e. The molecule has 0 fully saturated rings. The zero-order valence-electron chi connectivity index (χ0n) is 26.0. The van der Waals surface area contributed by atoms with Crippen LogP contribution in [0.5, 0.6) is 0 Å². The molecule has 0 heterocycles. The molecule has 39 heavy (non-hydrogen) atoms. The van der Waals surface area contributed by atoms with Crippen LogP contribution < -0.4 is 5.32 Å². The van der Waals surface area contributed by atoms with Gasteiger partial charge in [0.25, 0.3) is 0 Å². The molecule has 1 amide bonds. The maximum Gasteiger partial charge on any atom is 0.249 e. The van der Waals surface area contributed by atoms with Crippen LogP contribution >= 0.6 is 0 Å². The van der Waals surface area contributed by atoms with Crippen molar-refractivity contribution in [1.29, 1.82) is 0 Å². The zero-order chi connectivity index (χ0) is 28.8. The molecule has 0 aliphatic heterocycles. The highest BCUT2D eigenvalue weighted by Crippen LogP contribution is 2.15. The number of hydrogen-bond donors (Lipinski definition) is 4. The normalized spacial score (nSPS) is 14.1. The number of aliphatic hydroxyl groups is 3. The number of rotatable bonds is 30. The lowest BCUT2D eigenvalue weighted by Crippen LogP contribution is -2.49. The Labute approximate surface area is 242 Å². The summed E-state index contributed by atoms with van der Waals surface area (Å²) in [5.41, 5.74) is 0. The minimum absolute atomic E-state index is 0.317. The SMILES string of the molecule is CCCC/C=C\CCCCCC(O)C(=O)NC(CO)C(O)CCCCCCCCCCCCCCCCCC. The molecule has 4 N–H and O–H groups in total. The first-order valence-corrected chi connectivity index (χ1v) is 17.0. The van der Waals surface area contributed by atoms with E-state index in [1.807, 2.05) is 0 Å².